The van der Waals surface area contributed by atoms with Gasteiger partial charge in [-0.05, 0) is 55.7 Å². The summed E-state index contributed by atoms with van der Waals surface area (Å²) < 4.78 is 13.9. The van der Waals surface area contributed by atoms with Crippen molar-refractivity contribution in [2.24, 2.45) is 5.92 Å². The average molecular weight is 467 g/mol. The van der Waals surface area contributed by atoms with E-state index in [1.165, 1.54) is 12.1 Å². The number of anilines is 2. The minimum absolute atomic E-state index is 0.0723. The Morgan fingerprint density at radius 2 is 1.68 bits per heavy atom. The molecule has 1 saturated heterocycles. The maximum absolute atomic E-state index is 13.9. The molecule has 1 saturated carbocycles. The van der Waals surface area contributed by atoms with Crippen LogP contribution in [0.15, 0.2) is 48.5 Å². The molecule has 0 atom stereocenters. The average Bonchev–Trinajstić information content (AvgIpc) is 3.69. The van der Waals surface area contributed by atoms with Crippen LogP contribution in [0.4, 0.5) is 15.8 Å². The number of piperazine rings is 1. The second-order valence-corrected chi connectivity index (χ2v) is 8.89. The smallest absolute Gasteiger partial charge is 0.256 e. The number of nitrogens with zero attached hydrogens (tertiary/aromatic N) is 3. The molecule has 2 aliphatic rings. The van der Waals surface area contributed by atoms with Gasteiger partial charge in [0, 0.05) is 50.0 Å². The Hall–Kier alpha value is -3.42. The van der Waals surface area contributed by atoms with Crippen LogP contribution in [0.2, 0.25) is 0 Å². The lowest BCUT2D eigenvalue weighted by molar-refractivity contribution is -0.135. The SMILES string of the molecule is CCCN(CC(=O)Nc1ccc(N2CCN(C(=O)c3ccccc3F)CC2)cc1)C(=O)C1CC1. The Morgan fingerprint density at radius 3 is 2.29 bits per heavy atom. The van der Waals surface area contributed by atoms with E-state index in [-0.39, 0.29) is 35.7 Å². The zero-order valence-electron chi connectivity index (χ0n) is 19.5. The summed E-state index contributed by atoms with van der Waals surface area (Å²) in [5, 5.41) is 2.88. The van der Waals surface area contributed by atoms with Crippen LogP contribution in [0.3, 0.4) is 0 Å². The minimum atomic E-state index is -0.498. The number of nitrogens with one attached hydrogen (secondary N) is 1. The van der Waals surface area contributed by atoms with Crippen molar-refractivity contribution in [1.82, 2.24) is 9.80 Å². The maximum Gasteiger partial charge on any atom is 0.256 e. The molecule has 1 aliphatic heterocycles. The van der Waals surface area contributed by atoms with E-state index in [9.17, 15) is 18.8 Å². The van der Waals surface area contributed by atoms with Gasteiger partial charge in [-0.25, -0.2) is 4.39 Å². The van der Waals surface area contributed by atoms with E-state index in [0.29, 0.717) is 38.4 Å². The Morgan fingerprint density at radius 1 is 1.00 bits per heavy atom. The first-order valence-electron chi connectivity index (χ1n) is 11.9. The molecular weight excluding hydrogens is 435 g/mol. The van der Waals surface area contributed by atoms with Gasteiger partial charge in [0.2, 0.25) is 11.8 Å². The van der Waals surface area contributed by atoms with Gasteiger partial charge >= 0.3 is 0 Å². The third-order valence-electron chi connectivity index (χ3n) is 6.25. The van der Waals surface area contributed by atoms with Crippen LogP contribution in [0, 0.1) is 11.7 Å². The number of carbonyl (C=O) groups is 3. The van der Waals surface area contributed by atoms with Gasteiger partial charge in [0.15, 0.2) is 0 Å². The van der Waals surface area contributed by atoms with Gasteiger partial charge in [-0.15, -0.1) is 0 Å². The summed E-state index contributed by atoms with van der Waals surface area (Å²) in [5.74, 6) is -0.799. The van der Waals surface area contributed by atoms with Gasteiger partial charge in [0.25, 0.3) is 5.91 Å². The molecule has 180 valence electrons. The number of rotatable bonds is 8. The number of benzene rings is 2. The van der Waals surface area contributed by atoms with E-state index in [1.54, 1.807) is 21.9 Å². The second kappa shape index (κ2) is 10.7. The van der Waals surface area contributed by atoms with Gasteiger partial charge in [-0.1, -0.05) is 19.1 Å². The first-order valence-corrected chi connectivity index (χ1v) is 11.9. The second-order valence-electron chi connectivity index (χ2n) is 8.89. The number of hydrogen-bond acceptors (Lipinski definition) is 4. The Bertz CT molecular complexity index is 1030. The molecule has 0 radical (unpaired) electrons. The summed E-state index contributed by atoms with van der Waals surface area (Å²) >= 11 is 0. The molecule has 8 heteroatoms. The van der Waals surface area contributed by atoms with Crippen LogP contribution in [-0.4, -0.2) is 66.8 Å². The number of hydrogen-bond donors (Lipinski definition) is 1. The monoisotopic (exact) mass is 466 g/mol. The number of halogens is 1. The zero-order valence-corrected chi connectivity index (χ0v) is 19.5. The summed E-state index contributed by atoms with van der Waals surface area (Å²) in [6, 6.07) is 13.6. The summed E-state index contributed by atoms with van der Waals surface area (Å²) in [6.07, 6.45) is 2.67. The highest BCUT2D eigenvalue weighted by atomic mass is 19.1. The molecule has 34 heavy (non-hydrogen) atoms. The van der Waals surface area contributed by atoms with E-state index in [1.807, 2.05) is 31.2 Å². The third kappa shape index (κ3) is 5.73. The minimum Gasteiger partial charge on any atom is -0.368 e. The summed E-state index contributed by atoms with van der Waals surface area (Å²) in [6.45, 7) is 4.96. The van der Waals surface area contributed by atoms with Gasteiger partial charge < -0.3 is 20.0 Å². The predicted molar refractivity (Wildman–Crippen MR) is 129 cm³/mol. The summed E-state index contributed by atoms with van der Waals surface area (Å²) in [7, 11) is 0. The first-order chi connectivity index (χ1) is 16.5. The molecule has 0 unspecified atom stereocenters. The van der Waals surface area contributed by atoms with Crippen molar-refractivity contribution in [3.8, 4) is 0 Å². The van der Waals surface area contributed by atoms with Crippen molar-refractivity contribution in [3.63, 3.8) is 0 Å². The molecule has 2 aromatic rings. The quantitative estimate of drug-likeness (QED) is 0.648. The molecule has 0 aromatic heterocycles. The van der Waals surface area contributed by atoms with Crippen LogP contribution in [0.25, 0.3) is 0 Å². The number of amides is 3. The van der Waals surface area contributed by atoms with Crippen LogP contribution in [0.1, 0.15) is 36.5 Å². The molecule has 0 bridgehead atoms. The molecule has 0 spiro atoms. The Labute approximate surface area is 199 Å². The van der Waals surface area contributed by atoms with E-state index in [2.05, 4.69) is 10.2 Å². The van der Waals surface area contributed by atoms with Gasteiger partial charge in [-0.3, -0.25) is 14.4 Å². The summed E-state index contributed by atoms with van der Waals surface area (Å²) in [4.78, 5) is 43.0. The molecule has 3 amide bonds. The lowest BCUT2D eigenvalue weighted by Gasteiger charge is -2.36. The van der Waals surface area contributed by atoms with Gasteiger partial charge in [-0.2, -0.15) is 0 Å². The summed E-state index contributed by atoms with van der Waals surface area (Å²) in [5.41, 5.74) is 1.78. The Balaban J connectivity index is 1.28. The molecule has 1 N–H and O–H groups in total. The predicted octanol–water partition coefficient (Wildman–Crippen LogP) is 3.38. The van der Waals surface area contributed by atoms with Gasteiger partial charge in [0.05, 0.1) is 12.1 Å². The molecule has 4 rings (SSSR count). The van der Waals surface area contributed by atoms with Gasteiger partial charge in [0.1, 0.15) is 5.82 Å². The van der Waals surface area contributed by atoms with E-state index in [0.717, 1.165) is 24.9 Å². The molecular formula is C26H31FN4O3. The maximum atomic E-state index is 13.9. The molecule has 2 fully saturated rings. The third-order valence-corrected chi connectivity index (χ3v) is 6.25. The lowest BCUT2D eigenvalue weighted by Crippen LogP contribution is -2.49. The number of carbonyl (C=O) groups excluding carboxylic acids is 3. The van der Waals surface area contributed by atoms with Crippen molar-refractivity contribution < 1.29 is 18.8 Å². The largest absolute Gasteiger partial charge is 0.368 e. The van der Waals surface area contributed by atoms with E-state index < -0.39 is 5.82 Å². The first kappa shape index (κ1) is 23.7. The highest BCUT2D eigenvalue weighted by molar-refractivity contribution is 5.95. The highest BCUT2D eigenvalue weighted by Gasteiger charge is 2.33. The van der Waals surface area contributed by atoms with Crippen molar-refractivity contribution in [2.45, 2.75) is 26.2 Å². The van der Waals surface area contributed by atoms with Crippen molar-refractivity contribution >= 4 is 29.1 Å². The molecule has 2 aromatic carbocycles. The zero-order chi connectivity index (χ0) is 24.1. The van der Waals surface area contributed by atoms with E-state index >= 15 is 0 Å². The standard InChI is InChI=1S/C26H31FN4O3/c1-2-13-31(25(33)19-7-8-19)18-24(32)28-20-9-11-21(12-10-20)29-14-16-30(17-15-29)26(34)22-5-3-4-6-23(22)27/h3-6,9-12,19H,2,7-8,13-18H2,1H3,(H,28,32). The van der Waals surface area contributed by atoms with Crippen molar-refractivity contribution in [2.75, 3.05) is 49.5 Å². The Kier molecular flexibility index (Phi) is 7.45. The highest BCUT2D eigenvalue weighted by Crippen LogP contribution is 2.31. The molecule has 1 aliphatic carbocycles. The van der Waals surface area contributed by atoms with Crippen LogP contribution >= 0.6 is 0 Å². The normalized spacial score (nSPS) is 15.7. The van der Waals surface area contributed by atoms with Crippen molar-refractivity contribution in [3.05, 3.63) is 59.9 Å². The van der Waals surface area contributed by atoms with E-state index in [4.69, 9.17) is 0 Å². The fourth-order valence-electron chi connectivity index (χ4n) is 4.23. The fourth-order valence-corrected chi connectivity index (χ4v) is 4.23. The lowest BCUT2D eigenvalue weighted by atomic mass is 10.1. The van der Waals surface area contributed by atoms with Crippen LogP contribution in [-0.2, 0) is 9.59 Å². The van der Waals surface area contributed by atoms with Crippen LogP contribution < -0.4 is 10.2 Å². The fraction of sp³-hybridized carbons (Fsp3) is 0.423. The van der Waals surface area contributed by atoms with Crippen LogP contribution in [0.5, 0.6) is 0 Å². The molecule has 7 nitrogen and oxygen atoms in total. The topological polar surface area (TPSA) is 73.0 Å². The molecule has 1 heterocycles. The van der Waals surface area contributed by atoms with Crippen molar-refractivity contribution in [1.29, 1.82) is 0 Å².